The van der Waals surface area contributed by atoms with Crippen LogP contribution in [0.3, 0.4) is 0 Å². The van der Waals surface area contributed by atoms with Crippen LogP contribution in [0.15, 0.2) is 24.3 Å². The number of aryl methyl sites for hydroxylation is 1. The van der Waals surface area contributed by atoms with Gasteiger partial charge in [0.25, 0.3) is 0 Å². The highest BCUT2D eigenvalue weighted by Gasteiger charge is 2.24. The van der Waals surface area contributed by atoms with Gasteiger partial charge in [0.05, 0.1) is 0 Å². The number of nitrogens with two attached hydrogens (primary N) is 1. The first-order valence-corrected chi connectivity index (χ1v) is 6.79. The van der Waals surface area contributed by atoms with E-state index < -0.39 is 0 Å². The largest absolute Gasteiger partial charge is 0.327 e. The van der Waals surface area contributed by atoms with Crippen molar-refractivity contribution in [1.29, 1.82) is 0 Å². The second-order valence-electron chi connectivity index (χ2n) is 5.14. The highest BCUT2D eigenvalue weighted by atomic mass is 15.1. The highest BCUT2D eigenvalue weighted by Crippen LogP contribution is 2.26. The second-order valence-corrected chi connectivity index (χ2v) is 5.14. The van der Waals surface area contributed by atoms with Crippen molar-refractivity contribution in [2.75, 3.05) is 19.6 Å². The predicted molar refractivity (Wildman–Crippen MR) is 73.3 cm³/mol. The van der Waals surface area contributed by atoms with Crippen molar-refractivity contribution in [2.24, 2.45) is 5.73 Å². The lowest BCUT2D eigenvalue weighted by atomic mass is 9.88. The minimum Gasteiger partial charge on any atom is -0.327 e. The van der Waals surface area contributed by atoms with Crippen LogP contribution < -0.4 is 5.73 Å². The van der Waals surface area contributed by atoms with Crippen LogP contribution in [0.1, 0.15) is 37.3 Å². The molecular weight excluding hydrogens is 208 g/mol. The third-order valence-corrected chi connectivity index (χ3v) is 3.87. The number of likely N-dealkylation sites (tertiary alicyclic amines) is 1. The summed E-state index contributed by atoms with van der Waals surface area (Å²) in [7, 11) is 0. The van der Waals surface area contributed by atoms with Crippen LogP contribution in [0, 0.1) is 0 Å². The van der Waals surface area contributed by atoms with Crippen LogP contribution in [-0.4, -0.2) is 30.6 Å². The normalized spacial score (nSPS) is 26.1. The predicted octanol–water partition coefficient (Wildman–Crippen LogP) is 2.39. The molecule has 1 aliphatic rings. The summed E-state index contributed by atoms with van der Waals surface area (Å²) in [6.07, 6.45) is 2.24. The van der Waals surface area contributed by atoms with E-state index in [9.17, 15) is 0 Å². The fourth-order valence-electron chi connectivity index (χ4n) is 2.76. The number of piperidine rings is 1. The fourth-order valence-corrected chi connectivity index (χ4v) is 2.76. The van der Waals surface area contributed by atoms with Gasteiger partial charge in [-0.05, 0) is 36.4 Å². The summed E-state index contributed by atoms with van der Waals surface area (Å²) in [6, 6.07) is 9.42. The molecule has 2 nitrogen and oxygen atoms in total. The first-order chi connectivity index (χ1) is 8.22. The fraction of sp³-hybridized carbons (Fsp3) is 0.600. The Morgan fingerprint density at radius 1 is 1.18 bits per heavy atom. The van der Waals surface area contributed by atoms with Gasteiger partial charge in [-0.3, -0.25) is 0 Å². The van der Waals surface area contributed by atoms with Crippen molar-refractivity contribution in [3.05, 3.63) is 35.4 Å². The van der Waals surface area contributed by atoms with Gasteiger partial charge in [0.2, 0.25) is 0 Å². The van der Waals surface area contributed by atoms with Crippen LogP contribution in [0.5, 0.6) is 0 Å². The van der Waals surface area contributed by atoms with Crippen molar-refractivity contribution in [2.45, 2.75) is 38.6 Å². The molecule has 0 radical (unpaired) electrons. The van der Waals surface area contributed by atoms with E-state index in [-0.39, 0.29) is 0 Å². The number of hydrogen-bond acceptors (Lipinski definition) is 2. The highest BCUT2D eigenvalue weighted by molar-refractivity contribution is 5.26. The Labute approximate surface area is 105 Å². The molecule has 1 fully saturated rings. The van der Waals surface area contributed by atoms with Gasteiger partial charge in [0, 0.05) is 19.1 Å². The van der Waals surface area contributed by atoms with Gasteiger partial charge in [-0.1, -0.05) is 38.1 Å². The zero-order valence-electron chi connectivity index (χ0n) is 11.0. The van der Waals surface area contributed by atoms with Gasteiger partial charge in [-0.2, -0.15) is 0 Å². The molecule has 1 saturated heterocycles. The molecule has 2 rings (SSSR count). The summed E-state index contributed by atoms with van der Waals surface area (Å²) in [5.41, 5.74) is 9.02. The summed E-state index contributed by atoms with van der Waals surface area (Å²) in [5.74, 6) is 0.615. The first kappa shape index (κ1) is 12.6. The van der Waals surface area contributed by atoms with E-state index in [0.717, 1.165) is 32.5 Å². The minimum atomic E-state index is 0.333. The SMILES string of the molecule is CCc1ccc(C2CC(N)CN(CC)C2)cc1. The Morgan fingerprint density at radius 2 is 1.88 bits per heavy atom. The molecule has 2 N–H and O–H groups in total. The van der Waals surface area contributed by atoms with Crippen molar-refractivity contribution in [3.8, 4) is 0 Å². The molecule has 0 spiro atoms. The topological polar surface area (TPSA) is 29.3 Å². The third-order valence-electron chi connectivity index (χ3n) is 3.87. The summed E-state index contributed by atoms with van der Waals surface area (Å²) in [6.45, 7) is 7.74. The Hall–Kier alpha value is -0.860. The molecule has 0 aromatic heterocycles. The molecule has 1 aromatic rings. The van der Waals surface area contributed by atoms with Gasteiger partial charge in [-0.25, -0.2) is 0 Å². The van der Waals surface area contributed by atoms with Crippen LogP contribution in [-0.2, 0) is 6.42 Å². The summed E-state index contributed by atoms with van der Waals surface area (Å²) in [4.78, 5) is 2.46. The lowest BCUT2D eigenvalue weighted by molar-refractivity contribution is 0.197. The zero-order valence-corrected chi connectivity index (χ0v) is 11.0. The average molecular weight is 232 g/mol. The van der Waals surface area contributed by atoms with Crippen molar-refractivity contribution < 1.29 is 0 Å². The number of hydrogen-bond donors (Lipinski definition) is 1. The maximum atomic E-state index is 6.14. The number of likely N-dealkylation sites (N-methyl/N-ethyl adjacent to an activating group) is 1. The van der Waals surface area contributed by atoms with Crippen molar-refractivity contribution >= 4 is 0 Å². The molecule has 17 heavy (non-hydrogen) atoms. The molecule has 2 unspecified atom stereocenters. The average Bonchev–Trinajstić information content (AvgIpc) is 2.38. The Balaban J connectivity index is 2.09. The lowest BCUT2D eigenvalue weighted by Crippen LogP contribution is -2.45. The van der Waals surface area contributed by atoms with E-state index in [4.69, 9.17) is 5.73 Å². The summed E-state index contributed by atoms with van der Waals surface area (Å²) < 4.78 is 0. The summed E-state index contributed by atoms with van der Waals surface area (Å²) >= 11 is 0. The van der Waals surface area contributed by atoms with Crippen LogP contribution in [0.2, 0.25) is 0 Å². The van der Waals surface area contributed by atoms with E-state index >= 15 is 0 Å². The summed E-state index contributed by atoms with van der Waals surface area (Å²) in [5, 5.41) is 0. The van der Waals surface area contributed by atoms with Crippen LogP contribution in [0.25, 0.3) is 0 Å². The van der Waals surface area contributed by atoms with Gasteiger partial charge in [-0.15, -0.1) is 0 Å². The molecule has 1 aromatic carbocycles. The van der Waals surface area contributed by atoms with Crippen molar-refractivity contribution in [3.63, 3.8) is 0 Å². The molecule has 0 bridgehead atoms. The molecule has 0 aliphatic carbocycles. The Morgan fingerprint density at radius 3 is 2.47 bits per heavy atom. The maximum Gasteiger partial charge on any atom is 0.0174 e. The van der Waals surface area contributed by atoms with E-state index in [1.807, 2.05) is 0 Å². The van der Waals surface area contributed by atoms with E-state index in [2.05, 4.69) is 43.0 Å². The minimum absolute atomic E-state index is 0.333. The third kappa shape index (κ3) is 3.08. The first-order valence-electron chi connectivity index (χ1n) is 6.79. The molecule has 0 saturated carbocycles. The van der Waals surface area contributed by atoms with Gasteiger partial charge >= 0.3 is 0 Å². The van der Waals surface area contributed by atoms with E-state index in [1.165, 1.54) is 11.1 Å². The molecule has 2 atom stereocenters. The number of rotatable bonds is 3. The second kappa shape index (κ2) is 5.65. The zero-order chi connectivity index (χ0) is 12.3. The van der Waals surface area contributed by atoms with Crippen molar-refractivity contribution in [1.82, 2.24) is 4.90 Å². The Bertz CT molecular complexity index is 344. The molecule has 2 heteroatoms. The van der Waals surface area contributed by atoms with Crippen LogP contribution in [0.4, 0.5) is 0 Å². The maximum absolute atomic E-state index is 6.14. The Kier molecular flexibility index (Phi) is 4.19. The standard InChI is InChI=1S/C15H24N2/c1-3-12-5-7-13(8-6-12)14-9-15(16)11-17(4-2)10-14/h5-8,14-15H,3-4,9-11,16H2,1-2H3. The van der Waals surface area contributed by atoms with Gasteiger partial charge in [0.15, 0.2) is 0 Å². The van der Waals surface area contributed by atoms with Crippen LogP contribution >= 0.6 is 0 Å². The quantitative estimate of drug-likeness (QED) is 0.867. The number of nitrogens with zero attached hydrogens (tertiary/aromatic N) is 1. The molecule has 1 heterocycles. The monoisotopic (exact) mass is 232 g/mol. The molecular formula is C15H24N2. The molecule has 0 amide bonds. The lowest BCUT2D eigenvalue weighted by Gasteiger charge is -2.36. The molecule has 94 valence electrons. The van der Waals surface area contributed by atoms with Gasteiger partial charge < -0.3 is 10.6 Å². The van der Waals surface area contributed by atoms with Gasteiger partial charge in [0.1, 0.15) is 0 Å². The molecule has 1 aliphatic heterocycles. The van der Waals surface area contributed by atoms with E-state index in [1.54, 1.807) is 0 Å². The van der Waals surface area contributed by atoms with E-state index in [0.29, 0.717) is 12.0 Å². The number of benzene rings is 1. The smallest absolute Gasteiger partial charge is 0.0174 e.